The molecule has 0 spiro atoms. The van der Waals surface area contributed by atoms with Crippen molar-refractivity contribution in [2.24, 2.45) is 0 Å². The van der Waals surface area contributed by atoms with E-state index in [2.05, 4.69) is 0 Å². The van der Waals surface area contributed by atoms with Crippen molar-refractivity contribution in [2.75, 3.05) is 0 Å². The first-order valence-corrected chi connectivity index (χ1v) is 6.27. The molecule has 0 fully saturated rings. The van der Waals surface area contributed by atoms with E-state index >= 15 is 0 Å². The van der Waals surface area contributed by atoms with Crippen LogP contribution in [0.5, 0.6) is 0 Å². The molecule has 0 atom stereocenters. The van der Waals surface area contributed by atoms with Gasteiger partial charge in [-0.05, 0) is 35.0 Å². The molecule has 3 heteroatoms. The number of rotatable bonds is 0. The van der Waals surface area contributed by atoms with Crippen LogP contribution < -0.4 is 5.43 Å². The van der Waals surface area contributed by atoms with E-state index in [9.17, 15) is 9.18 Å². The first kappa shape index (κ1) is 11.2. The Morgan fingerprint density at radius 1 is 0.800 bits per heavy atom. The Balaban J connectivity index is 2.26. The molecule has 0 saturated heterocycles. The fourth-order valence-corrected chi connectivity index (χ4v) is 2.51. The van der Waals surface area contributed by atoms with Crippen LogP contribution in [-0.4, -0.2) is 0 Å². The monoisotopic (exact) mass is 264 g/mol. The highest BCUT2D eigenvalue weighted by atomic mass is 19.1. The zero-order valence-electron chi connectivity index (χ0n) is 10.4. The van der Waals surface area contributed by atoms with Gasteiger partial charge in [0.15, 0.2) is 0 Å². The van der Waals surface area contributed by atoms with Gasteiger partial charge in [-0.15, -0.1) is 0 Å². The lowest BCUT2D eigenvalue weighted by Gasteiger charge is -2.03. The normalized spacial score (nSPS) is 11.4. The van der Waals surface area contributed by atoms with Gasteiger partial charge in [-0.25, -0.2) is 4.39 Å². The van der Waals surface area contributed by atoms with E-state index in [1.807, 2.05) is 36.4 Å². The molecule has 0 amide bonds. The zero-order valence-corrected chi connectivity index (χ0v) is 10.4. The summed E-state index contributed by atoms with van der Waals surface area (Å²) in [5.74, 6) is -0.416. The molecule has 0 bridgehead atoms. The van der Waals surface area contributed by atoms with Crippen molar-refractivity contribution < 1.29 is 8.81 Å². The maximum Gasteiger partial charge on any atom is 0.200 e. The van der Waals surface area contributed by atoms with Gasteiger partial charge in [0.05, 0.1) is 10.8 Å². The molecule has 0 radical (unpaired) electrons. The van der Waals surface area contributed by atoms with E-state index in [0.717, 1.165) is 10.8 Å². The third-order valence-electron chi connectivity index (χ3n) is 3.50. The minimum atomic E-state index is -0.416. The second-order valence-electron chi connectivity index (χ2n) is 4.77. The van der Waals surface area contributed by atoms with Crippen LogP contribution in [0.15, 0.2) is 63.8 Å². The van der Waals surface area contributed by atoms with Crippen LogP contribution >= 0.6 is 0 Å². The van der Waals surface area contributed by atoms with Crippen molar-refractivity contribution in [2.45, 2.75) is 0 Å². The molecule has 96 valence electrons. The van der Waals surface area contributed by atoms with Crippen molar-refractivity contribution in [1.29, 1.82) is 0 Å². The van der Waals surface area contributed by atoms with Gasteiger partial charge in [-0.2, -0.15) is 0 Å². The van der Waals surface area contributed by atoms with Crippen LogP contribution in [0.2, 0.25) is 0 Å². The molecule has 2 nitrogen and oxygen atoms in total. The van der Waals surface area contributed by atoms with Crippen LogP contribution in [-0.2, 0) is 0 Å². The van der Waals surface area contributed by atoms with E-state index in [1.165, 1.54) is 18.2 Å². The second kappa shape index (κ2) is 3.90. The zero-order chi connectivity index (χ0) is 13.7. The summed E-state index contributed by atoms with van der Waals surface area (Å²) >= 11 is 0. The molecule has 0 aliphatic carbocycles. The van der Waals surface area contributed by atoms with Crippen LogP contribution in [0.3, 0.4) is 0 Å². The third kappa shape index (κ3) is 1.53. The van der Waals surface area contributed by atoms with Crippen LogP contribution in [0, 0.1) is 5.82 Å². The van der Waals surface area contributed by atoms with Crippen molar-refractivity contribution in [3.05, 3.63) is 70.6 Å². The predicted octanol–water partition coefficient (Wildman–Crippen LogP) is 4.24. The molecular formula is C17H9FO2. The maximum absolute atomic E-state index is 13.3. The minimum Gasteiger partial charge on any atom is -0.456 e. The molecule has 0 unspecified atom stereocenters. The van der Waals surface area contributed by atoms with Crippen LogP contribution in [0.4, 0.5) is 4.39 Å². The number of hydrogen-bond donors (Lipinski definition) is 0. The highest BCUT2D eigenvalue weighted by Gasteiger charge is 2.09. The maximum atomic E-state index is 13.3. The van der Waals surface area contributed by atoms with E-state index in [-0.39, 0.29) is 11.0 Å². The van der Waals surface area contributed by atoms with Gasteiger partial charge in [-0.3, -0.25) is 4.79 Å². The van der Waals surface area contributed by atoms with Crippen molar-refractivity contribution in [1.82, 2.24) is 0 Å². The summed E-state index contributed by atoms with van der Waals surface area (Å²) < 4.78 is 18.9. The predicted molar refractivity (Wildman–Crippen MR) is 77.5 cm³/mol. The topological polar surface area (TPSA) is 30.2 Å². The SMILES string of the molecule is O=c1c2ccc(F)cc2oc2cc3ccccc3cc12. The van der Waals surface area contributed by atoms with Gasteiger partial charge in [0.2, 0.25) is 5.43 Å². The van der Waals surface area contributed by atoms with Gasteiger partial charge >= 0.3 is 0 Å². The standard InChI is InChI=1S/C17H9FO2/c18-12-5-6-13-16(9-12)20-15-8-11-4-2-1-3-10(11)7-14(15)17(13)19/h1-9H. The van der Waals surface area contributed by atoms with Gasteiger partial charge in [0.1, 0.15) is 17.0 Å². The fraction of sp³-hybridized carbons (Fsp3) is 0. The highest BCUT2D eigenvalue weighted by Crippen LogP contribution is 2.24. The molecule has 0 N–H and O–H groups in total. The smallest absolute Gasteiger partial charge is 0.200 e. The molecular weight excluding hydrogens is 255 g/mol. The summed E-state index contributed by atoms with van der Waals surface area (Å²) in [4.78, 5) is 12.5. The molecule has 1 heterocycles. The average molecular weight is 264 g/mol. The van der Waals surface area contributed by atoms with E-state index in [1.54, 1.807) is 0 Å². The number of hydrogen-bond acceptors (Lipinski definition) is 2. The summed E-state index contributed by atoms with van der Waals surface area (Å²) in [6.45, 7) is 0. The van der Waals surface area contributed by atoms with Gasteiger partial charge < -0.3 is 4.42 Å². The Bertz CT molecular complexity index is 1030. The molecule has 4 rings (SSSR count). The first-order valence-electron chi connectivity index (χ1n) is 6.27. The summed E-state index contributed by atoms with van der Waals surface area (Å²) in [6.07, 6.45) is 0. The average Bonchev–Trinajstić information content (AvgIpc) is 2.45. The molecule has 3 aromatic carbocycles. The highest BCUT2D eigenvalue weighted by molar-refractivity contribution is 5.99. The molecule has 4 aromatic rings. The lowest BCUT2D eigenvalue weighted by Crippen LogP contribution is -2.02. The molecule has 1 aromatic heterocycles. The Labute approximate surface area is 113 Å². The number of fused-ring (bicyclic) bond motifs is 3. The Morgan fingerprint density at radius 3 is 2.30 bits per heavy atom. The Kier molecular flexibility index (Phi) is 2.18. The summed E-state index contributed by atoms with van der Waals surface area (Å²) in [7, 11) is 0. The lowest BCUT2D eigenvalue weighted by atomic mass is 10.1. The summed E-state index contributed by atoms with van der Waals surface area (Å²) in [5.41, 5.74) is 0.622. The number of benzene rings is 3. The summed E-state index contributed by atoms with van der Waals surface area (Å²) in [5, 5.41) is 2.88. The third-order valence-corrected chi connectivity index (χ3v) is 3.50. The van der Waals surface area contributed by atoms with Gasteiger partial charge in [0, 0.05) is 6.07 Å². The molecule has 0 aliphatic heterocycles. The van der Waals surface area contributed by atoms with Crippen molar-refractivity contribution >= 4 is 32.7 Å². The van der Waals surface area contributed by atoms with Gasteiger partial charge in [-0.1, -0.05) is 24.3 Å². The first-order chi connectivity index (χ1) is 9.72. The van der Waals surface area contributed by atoms with Crippen molar-refractivity contribution in [3.8, 4) is 0 Å². The molecule has 0 saturated carbocycles. The second-order valence-corrected chi connectivity index (χ2v) is 4.77. The fourth-order valence-electron chi connectivity index (χ4n) is 2.51. The summed E-state index contributed by atoms with van der Waals surface area (Å²) in [6, 6.07) is 15.4. The quantitative estimate of drug-likeness (QED) is 0.445. The van der Waals surface area contributed by atoms with Crippen LogP contribution in [0.25, 0.3) is 32.7 Å². The largest absolute Gasteiger partial charge is 0.456 e. The molecule has 0 aliphatic rings. The van der Waals surface area contributed by atoms with E-state index in [0.29, 0.717) is 16.4 Å². The molecule has 20 heavy (non-hydrogen) atoms. The Hall–Kier alpha value is -2.68. The lowest BCUT2D eigenvalue weighted by molar-refractivity contribution is 0.615. The number of halogens is 1. The van der Waals surface area contributed by atoms with E-state index < -0.39 is 5.82 Å². The van der Waals surface area contributed by atoms with Crippen LogP contribution in [0.1, 0.15) is 0 Å². The van der Waals surface area contributed by atoms with Crippen molar-refractivity contribution in [3.63, 3.8) is 0 Å². The van der Waals surface area contributed by atoms with Gasteiger partial charge in [0.25, 0.3) is 0 Å². The Morgan fingerprint density at radius 2 is 1.50 bits per heavy atom. The van der Waals surface area contributed by atoms with E-state index in [4.69, 9.17) is 4.42 Å². The minimum absolute atomic E-state index is 0.132.